The molecule has 1 aromatic heterocycles. The second-order valence-corrected chi connectivity index (χ2v) is 5.23. The van der Waals surface area contributed by atoms with Gasteiger partial charge in [0, 0.05) is 19.2 Å². The molecule has 3 aromatic rings. The van der Waals surface area contributed by atoms with Crippen molar-refractivity contribution >= 4 is 16.7 Å². The SMILES string of the molecule is Cc1ccoc1C(=O)N(C)Cc1cccc2ccccc12. The lowest BCUT2D eigenvalue weighted by Gasteiger charge is -2.17. The number of hydrogen-bond donors (Lipinski definition) is 0. The van der Waals surface area contributed by atoms with Gasteiger partial charge in [0.15, 0.2) is 5.76 Å². The standard InChI is InChI=1S/C18H17NO2/c1-13-10-11-21-17(13)18(20)19(2)12-15-8-5-7-14-6-3-4-9-16(14)15/h3-11H,12H2,1-2H3. The Labute approximate surface area is 123 Å². The molecule has 2 aromatic carbocycles. The summed E-state index contributed by atoms with van der Waals surface area (Å²) in [6.07, 6.45) is 1.55. The lowest BCUT2D eigenvalue weighted by atomic mass is 10.0. The fourth-order valence-corrected chi connectivity index (χ4v) is 2.52. The van der Waals surface area contributed by atoms with Gasteiger partial charge in [-0.05, 0) is 29.3 Å². The van der Waals surface area contributed by atoms with Crippen molar-refractivity contribution < 1.29 is 9.21 Å². The summed E-state index contributed by atoms with van der Waals surface area (Å²) in [4.78, 5) is 14.1. The molecule has 0 atom stereocenters. The predicted molar refractivity (Wildman–Crippen MR) is 83.2 cm³/mol. The Balaban J connectivity index is 1.88. The molecule has 0 unspecified atom stereocenters. The molecular formula is C18H17NO2. The molecule has 3 nitrogen and oxygen atoms in total. The smallest absolute Gasteiger partial charge is 0.289 e. The van der Waals surface area contributed by atoms with Crippen LogP contribution in [-0.2, 0) is 6.54 Å². The Bertz CT molecular complexity index is 783. The molecule has 0 saturated heterocycles. The molecule has 21 heavy (non-hydrogen) atoms. The number of hydrogen-bond acceptors (Lipinski definition) is 2. The minimum absolute atomic E-state index is 0.0922. The van der Waals surface area contributed by atoms with Gasteiger partial charge >= 0.3 is 0 Å². The first kappa shape index (κ1) is 13.4. The van der Waals surface area contributed by atoms with Crippen LogP contribution in [-0.4, -0.2) is 17.9 Å². The van der Waals surface area contributed by atoms with Gasteiger partial charge < -0.3 is 9.32 Å². The first-order valence-corrected chi connectivity index (χ1v) is 6.93. The van der Waals surface area contributed by atoms with Gasteiger partial charge in [-0.3, -0.25) is 4.79 Å². The number of furan rings is 1. The van der Waals surface area contributed by atoms with E-state index in [1.807, 2.05) is 25.1 Å². The van der Waals surface area contributed by atoms with Gasteiger partial charge in [-0.2, -0.15) is 0 Å². The molecule has 106 valence electrons. The van der Waals surface area contributed by atoms with Crippen LogP contribution in [0.3, 0.4) is 0 Å². The molecule has 3 heteroatoms. The van der Waals surface area contributed by atoms with E-state index >= 15 is 0 Å². The number of rotatable bonds is 3. The van der Waals surface area contributed by atoms with Crippen molar-refractivity contribution in [3.8, 4) is 0 Å². The molecule has 0 spiro atoms. The van der Waals surface area contributed by atoms with Crippen molar-refractivity contribution in [2.45, 2.75) is 13.5 Å². The van der Waals surface area contributed by atoms with Crippen molar-refractivity contribution in [2.75, 3.05) is 7.05 Å². The average Bonchev–Trinajstić information content (AvgIpc) is 2.93. The lowest BCUT2D eigenvalue weighted by Crippen LogP contribution is -2.26. The van der Waals surface area contributed by atoms with E-state index in [4.69, 9.17) is 4.42 Å². The number of nitrogens with zero attached hydrogens (tertiary/aromatic N) is 1. The third kappa shape index (κ3) is 2.55. The molecular weight excluding hydrogens is 262 g/mol. The quantitative estimate of drug-likeness (QED) is 0.725. The van der Waals surface area contributed by atoms with E-state index in [2.05, 4.69) is 24.3 Å². The molecule has 0 aliphatic rings. The summed E-state index contributed by atoms with van der Waals surface area (Å²) >= 11 is 0. The van der Waals surface area contributed by atoms with Crippen LogP contribution < -0.4 is 0 Å². The number of carbonyl (C=O) groups excluding carboxylic acids is 1. The van der Waals surface area contributed by atoms with Crippen molar-refractivity contribution in [1.82, 2.24) is 4.90 Å². The van der Waals surface area contributed by atoms with Gasteiger partial charge in [-0.15, -0.1) is 0 Å². The second kappa shape index (κ2) is 5.44. The predicted octanol–water partition coefficient (Wildman–Crippen LogP) is 4.01. The molecule has 1 amide bonds. The highest BCUT2D eigenvalue weighted by atomic mass is 16.3. The molecule has 0 bridgehead atoms. The summed E-state index contributed by atoms with van der Waals surface area (Å²) in [5.41, 5.74) is 2.00. The highest BCUT2D eigenvalue weighted by Crippen LogP contribution is 2.20. The maximum absolute atomic E-state index is 12.4. The Morgan fingerprint density at radius 3 is 2.62 bits per heavy atom. The molecule has 3 rings (SSSR count). The van der Waals surface area contributed by atoms with Crippen molar-refractivity contribution in [3.63, 3.8) is 0 Å². The van der Waals surface area contributed by atoms with Crippen LogP contribution in [0.15, 0.2) is 59.2 Å². The lowest BCUT2D eigenvalue weighted by molar-refractivity contribution is 0.0753. The summed E-state index contributed by atoms with van der Waals surface area (Å²) in [5.74, 6) is 0.322. The van der Waals surface area contributed by atoms with E-state index in [0.717, 1.165) is 11.1 Å². The van der Waals surface area contributed by atoms with Crippen LogP contribution in [0.1, 0.15) is 21.7 Å². The van der Waals surface area contributed by atoms with Gasteiger partial charge in [0.2, 0.25) is 0 Å². The summed E-state index contributed by atoms with van der Waals surface area (Å²) in [7, 11) is 1.80. The first-order chi connectivity index (χ1) is 10.2. The summed E-state index contributed by atoms with van der Waals surface area (Å²) in [6.45, 7) is 2.43. The van der Waals surface area contributed by atoms with Gasteiger partial charge in [-0.25, -0.2) is 0 Å². The zero-order valence-corrected chi connectivity index (χ0v) is 12.2. The first-order valence-electron chi connectivity index (χ1n) is 6.93. The van der Waals surface area contributed by atoms with E-state index in [0.29, 0.717) is 12.3 Å². The second-order valence-electron chi connectivity index (χ2n) is 5.23. The molecule has 0 saturated carbocycles. The van der Waals surface area contributed by atoms with Gasteiger partial charge in [0.1, 0.15) is 0 Å². The zero-order valence-electron chi connectivity index (χ0n) is 12.2. The van der Waals surface area contributed by atoms with E-state index in [9.17, 15) is 4.79 Å². The highest BCUT2D eigenvalue weighted by molar-refractivity contribution is 5.93. The molecule has 0 aliphatic carbocycles. The number of carbonyl (C=O) groups is 1. The Hall–Kier alpha value is -2.55. The summed E-state index contributed by atoms with van der Waals surface area (Å²) in [6, 6.07) is 16.2. The monoisotopic (exact) mass is 279 g/mol. The van der Waals surface area contributed by atoms with E-state index < -0.39 is 0 Å². The summed E-state index contributed by atoms with van der Waals surface area (Å²) < 4.78 is 5.28. The Morgan fingerprint density at radius 2 is 1.86 bits per heavy atom. The number of amides is 1. The Morgan fingerprint density at radius 1 is 1.10 bits per heavy atom. The summed E-state index contributed by atoms with van der Waals surface area (Å²) in [5, 5.41) is 2.36. The number of aryl methyl sites for hydroxylation is 1. The highest BCUT2D eigenvalue weighted by Gasteiger charge is 2.18. The van der Waals surface area contributed by atoms with Gasteiger partial charge in [0.05, 0.1) is 6.26 Å². The molecule has 0 aliphatic heterocycles. The fourth-order valence-electron chi connectivity index (χ4n) is 2.52. The van der Waals surface area contributed by atoms with Gasteiger partial charge in [-0.1, -0.05) is 42.5 Å². The Kier molecular flexibility index (Phi) is 3.48. The maximum Gasteiger partial charge on any atom is 0.289 e. The van der Waals surface area contributed by atoms with Crippen LogP contribution in [0.5, 0.6) is 0 Å². The van der Waals surface area contributed by atoms with Crippen molar-refractivity contribution in [3.05, 3.63) is 71.7 Å². The van der Waals surface area contributed by atoms with Crippen molar-refractivity contribution in [2.24, 2.45) is 0 Å². The van der Waals surface area contributed by atoms with Crippen LogP contribution in [0, 0.1) is 6.92 Å². The largest absolute Gasteiger partial charge is 0.459 e. The van der Waals surface area contributed by atoms with Crippen LogP contribution >= 0.6 is 0 Å². The average molecular weight is 279 g/mol. The van der Waals surface area contributed by atoms with E-state index in [1.54, 1.807) is 24.3 Å². The van der Waals surface area contributed by atoms with E-state index in [1.165, 1.54) is 10.8 Å². The topological polar surface area (TPSA) is 33.5 Å². The molecule has 0 fully saturated rings. The molecule has 0 N–H and O–H groups in total. The minimum atomic E-state index is -0.0922. The van der Waals surface area contributed by atoms with E-state index in [-0.39, 0.29) is 5.91 Å². The fraction of sp³-hybridized carbons (Fsp3) is 0.167. The zero-order chi connectivity index (χ0) is 14.8. The van der Waals surface area contributed by atoms with Crippen molar-refractivity contribution in [1.29, 1.82) is 0 Å². The normalized spacial score (nSPS) is 10.8. The molecule has 0 radical (unpaired) electrons. The third-order valence-electron chi connectivity index (χ3n) is 3.69. The van der Waals surface area contributed by atoms with Crippen LogP contribution in [0.25, 0.3) is 10.8 Å². The molecule has 1 heterocycles. The maximum atomic E-state index is 12.4. The van der Waals surface area contributed by atoms with Gasteiger partial charge in [0.25, 0.3) is 5.91 Å². The van der Waals surface area contributed by atoms with Crippen LogP contribution in [0.2, 0.25) is 0 Å². The number of fused-ring (bicyclic) bond motifs is 1. The minimum Gasteiger partial charge on any atom is -0.459 e. The third-order valence-corrected chi connectivity index (χ3v) is 3.69. The van der Waals surface area contributed by atoms with Crippen LogP contribution in [0.4, 0.5) is 0 Å². The number of benzene rings is 2.